The van der Waals surface area contributed by atoms with E-state index in [0.717, 1.165) is 9.64 Å². The van der Waals surface area contributed by atoms with Crippen LogP contribution in [0, 0.1) is 15.2 Å². The van der Waals surface area contributed by atoms with Crippen molar-refractivity contribution in [3.05, 3.63) is 67.8 Å². The molecule has 0 aliphatic heterocycles. The highest BCUT2D eigenvalue weighted by molar-refractivity contribution is 14.1. The van der Waals surface area contributed by atoms with E-state index >= 15 is 0 Å². The first kappa shape index (κ1) is 16.2. The number of nitrogens with one attached hydrogen (secondary N) is 1. The minimum Gasteiger partial charge on any atom is -0.352 e. The van der Waals surface area contributed by atoms with E-state index in [-0.39, 0.29) is 5.91 Å². The van der Waals surface area contributed by atoms with Gasteiger partial charge < -0.3 is 5.32 Å². The summed E-state index contributed by atoms with van der Waals surface area (Å²) in [5.41, 5.74) is 1.02. The van der Waals surface area contributed by atoms with Crippen LogP contribution in [0.3, 0.4) is 0 Å². The van der Waals surface area contributed by atoms with Crippen LogP contribution >= 0.6 is 34.2 Å². The molecule has 0 aliphatic rings. The SMILES string of the molecule is O=C(NCCc1cc(F)cc(F)c1)c1ccc(Cl)cc1I. The smallest absolute Gasteiger partial charge is 0.252 e. The predicted octanol–water partition coefficient (Wildman–Crippen LogP) is 4.20. The predicted molar refractivity (Wildman–Crippen MR) is 86.6 cm³/mol. The van der Waals surface area contributed by atoms with Crippen molar-refractivity contribution in [3.8, 4) is 0 Å². The highest BCUT2D eigenvalue weighted by atomic mass is 127. The maximum atomic E-state index is 13.0. The molecular weight excluding hydrogens is 411 g/mol. The topological polar surface area (TPSA) is 29.1 Å². The lowest BCUT2D eigenvalue weighted by atomic mass is 10.1. The van der Waals surface area contributed by atoms with Gasteiger partial charge in [0.2, 0.25) is 0 Å². The first-order valence-corrected chi connectivity index (χ1v) is 7.59. The molecule has 2 aromatic carbocycles. The highest BCUT2D eigenvalue weighted by Crippen LogP contribution is 2.18. The van der Waals surface area contributed by atoms with Crippen molar-refractivity contribution in [1.29, 1.82) is 0 Å². The average molecular weight is 422 g/mol. The van der Waals surface area contributed by atoms with Crippen LogP contribution in [-0.2, 0) is 6.42 Å². The quantitative estimate of drug-likeness (QED) is 0.737. The Morgan fingerprint density at radius 1 is 1.14 bits per heavy atom. The van der Waals surface area contributed by atoms with E-state index < -0.39 is 11.6 Å². The fourth-order valence-corrected chi connectivity index (χ4v) is 2.96. The zero-order valence-electron chi connectivity index (χ0n) is 10.8. The Morgan fingerprint density at radius 3 is 2.43 bits per heavy atom. The second kappa shape index (κ2) is 7.17. The van der Waals surface area contributed by atoms with Gasteiger partial charge in [-0.3, -0.25) is 4.79 Å². The molecule has 2 rings (SSSR count). The number of halogens is 4. The summed E-state index contributed by atoms with van der Waals surface area (Å²) < 4.78 is 26.8. The molecule has 0 atom stereocenters. The Morgan fingerprint density at radius 2 is 1.81 bits per heavy atom. The summed E-state index contributed by atoms with van der Waals surface area (Å²) in [6, 6.07) is 8.29. The van der Waals surface area contributed by atoms with E-state index in [2.05, 4.69) is 5.32 Å². The lowest BCUT2D eigenvalue weighted by Crippen LogP contribution is -2.26. The van der Waals surface area contributed by atoms with E-state index in [1.165, 1.54) is 12.1 Å². The van der Waals surface area contributed by atoms with Gasteiger partial charge in [0.05, 0.1) is 5.56 Å². The zero-order valence-corrected chi connectivity index (χ0v) is 13.7. The number of amides is 1. The van der Waals surface area contributed by atoms with Crippen LogP contribution in [-0.4, -0.2) is 12.5 Å². The van der Waals surface area contributed by atoms with E-state index in [1.807, 2.05) is 22.6 Å². The molecule has 0 saturated carbocycles. The highest BCUT2D eigenvalue weighted by Gasteiger charge is 2.10. The Balaban J connectivity index is 1.95. The lowest BCUT2D eigenvalue weighted by molar-refractivity contribution is 0.0953. The van der Waals surface area contributed by atoms with Crippen LogP contribution in [0.15, 0.2) is 36.4 Å². The zero-order chi connectivity index (χ0) is 15.4. The Bertz CT molecular complexity index is 658. The third-order valence-corrected chi connectivity index (χ3v) is 3.92. The van der Waals surface area contributed by atoms with Crippen LogP contribution in [0.1, 0.15) is 15.9 Å². The molecule has 0 spiro atoms. The average Bonchev–Trinajstić information content (AvgIpc) is 2.37. The van der Waals surface area contributed by atoms with E-state index in [0.29, 0.717) is 29.1 Å². The molecule has 110 valence electrons. The second-order valence-corrected chi connectivity index (χ2v) is 6.01. The van der Waals surface area contributed by atoms with Crippen LogP contribution in [0.25, 0.3) is 0 Å². The van der Waals surface area contributed by atoms with Crippen molar-refractivity contribution in [3.63, 3.8) is 0 Å². The molecular formula is C15H11ClF2INO. The van der Waals surface area contributed by atoms with Crippen LogP contribution in [0.5, 0.6) is 0 Å². The monoisotopic (exact) mass is 421 g/mol. The molecule has 0 unspecified atom stereocenters. The molecule has 1 amide bonds. The molecule has 0 aromatic heterocycles. The molecule has 2 aromatic rings. The summed E-state index contributed by atoms with van der Waals surface area (Å²) in [6.07, 6.45) is 0.352. The number of hydrogen-bond donors (Lipinski definition) is 1. The molecule has 0 bridgehead atoms. The molecule has 0 fully saturated rings. The molecule has 0 aliphatic carbocycles. The van der Waals surface area contributed by atoms with Crippen molar-refractivity contribution >= 4 is 40.1 Å². The van der Waals surface area contributed by atoms with Crippen LogP contribution < -0.4 is 5.32 Å². The van der Waals surface area contributed by atoms with Crippen molar-refractivity contribution in [2.24, 2.45) is 0 Å². The van der Waals surface area contributed by atoms with Gasteiger partial charge in [-0.2, -0.15) is 0 Å². The molecule has 6 heteroatoms. The van der Waals surface area contributed by atoms with Gasteiger partial charge >= 0.3 is 0 Å². The number of rotatable bonds is 4. The normalized spacial score (nSPS) is 10.5. The molecule has 2 nitrogen and oxygen atoms in total. The third kappa shape index (κ3) is 4.64. The molecule has 21 heavy (non-hydrogen) atoms. The Hall–Kier alpha value is -1.21. The third-order valence-electron chi connectivity index (χ3n) is 2.80. The summed E-state index contributed by atoms with van der Waals surface area (Å²) in [5, 5.41) is 3.28. The summed E-state index contributed by atoms with van der Waals surface area (Å²) in [4.78, 5) is 12.0. The standard InChI is InChI=1S/C15H11ClF2INO/c16-10-1-2-13(14(19)7-10)15(21)20-4-3-9-5-11(17)8-12(18)6-9/h1-2,5-8H,3-4H2,(H,20,21). The van der Waals surface area contributed by atoms with Crippen molar-refractivity contribution in [2.75, 3.05) is 6.54 Å². The Labute approximate surface area is 139 Å². The minimum atomic E-state index is -0.622. The van der Waals surface area contributed by atoms with E-state index in [4.69, 9.17) is 11.6 Å². The van der Waals surface area contributed by atoms with E-state index in [9.17, 15) is 13.6 Å². The first-order chi connectivity index (χ1) is 9.95. The summed E-state index contributed by atoms with van der Waals surface area (Å²) in [6.45, 7) is 0.292. The number of hydrogen-bond acceptors (Lipinski definition) is 1. The van der Waals surface area contributed by atoms with Gasteiger partial charge in [-0.05, 0) is 64.9 Å². The van der Waals surface area contributed by atoms with Crippen LogP contribution in [0.4, 0.5) is 8.78 Å². The second-order valence-electron chi connectivity index (χ2n) is 4.41. The summed E-state index contributed by atoms with van der Waals surface area (Å²) >= 11 is 7.86. The number of carbonyl (C=O) groups is 1. The fraction of sp³-hybridized carbons (Fsp3) is 0.133. The molecule has 1 N–H and O–H groups in total. The summed E-state index contributed by atoms with van der Waals surface area (Å²) in [7, 11) is 0. The Kier molecular flexibility index (Phi) is 5.52. The van der Waals surface area contributed by atoms with Gasteiger partial charge in [0, 0.05) is 21.2 Å². The molecule has 0 saturated heterocycles. The van der Waals surface area contributed by atoms with Crippen molar-refractivity contribution in [2.45, 2.75) is 6.42 Å². The largest absolute Gasteiger partial charge is 0.352 e. The van der Waals surface area contributed by atoms with Crippen LogP contribution in [0.2, 0.25) is 5.02 Å². The molecule has 0 radical (unpaired) electrons. The van der Waals surface area contributed by atoms with Crippen molar-refractivity contribution < 1.29 is 13.6 Å². The number of benzene rings is 2. The first-order valence-electron chi connectivity index (χ1n) is 6.14. The maximum absolute atomic E-state index is 13.0. The lowest BCUT2D eigenvalue weighted by Gasteiger charge is -2.07. The summed E-state index contributed by atoms with van der Waals surface area (Å²) in [5.74, 6) is -1.49. The van der Waals surface area contributed by atoms with E-state index in [1.54, 1.807) is 18.2 Å². The van der Waals surface area contributed by atoms with Gasteiger partial charge in [0.15, 0.2) is 0 Å². The number of carbonyl (C=O) groups excluding carboxylic acids is 1. The van der Waals surface area contributed by atoms with Gasteiger partial charge in [-0.25, -0.2) is 8.78 Å². The van der Waals surface area contributed by atoms with Crippen molar-refractivity contribution in [1.82, 2.24) is 5.32 Å². The maximum Gasteiger partial charge on any atom is 0.252 e. The minimum absolute atomic E-state index is 0.243. The van der Waals surface area contributed by atoms with Gasteiger partial charge in [-0.1, -0.05) is 11.6 Å². The molecule has 0 heterocycles. The van der Waals surface area contributed by atoms with Gasteiger partial charge in [-0.15, -0.1) is 0 Å². The fourth-order valence-electron chi connectivity index (χ4n) is 1.84. The van der Waals surface area contributed by atoms with Gasteiger partial charge in [0.1, 0.15) is 11.6 Å². The van der Waals surface area contributed by atoms with Gasteiger partial charge in [0.25, 0.3) is 5.91 Å².